The molecular formula is C9H13NO5. The molecule has 1 aromatic rings. The summed E-state index contributed by atoms with van der Waals surface area (Å²) in [5, 5.41) is 49.2. The molecule has 6 heteroatoms. The Kier molecular flexibility index (Phi) is 2.81. The maximum absolute atomic E-state index is 9.46. The molecule has 0 heterocycles. The summed E-state index contributed by atoms with van der Waals surface area (Å²) in [6.07, 6.45) is 0. The zero-order valence-corrected chi connectivity index (χ0v) is 8.31. The number of phenolic OH excluding ortho intramolecular Hbond substituents is 5. The van der Waals surface area contributed by atoms with Crippen LogP contribution in [0.4, 0.5) is 0 Å². The summed E-state index contributed by atoms with van der Waals surface area (Å²) in [6.45, 7) is 1.60. The van der Waals surface area contributed by atoms with Crippen molar-refractivity contribution in [2.45, 2.75) is 13.0 Å². The summed E-state index contributed by atoms with van der Waals surface area (Å²) in [5.41, 5.74) is -0.0784. The van der Waals surface area contributed by atoms with Crippen molar-refractivity contribution in [2.24, 2.45) is 0 Å². The van der Waals surface area contributed by atoms with E-state index in [1.54, 1.807) is 14.0 Å². The van der Waals surface area contributed by atoms with Crippen LogP contribution in [0.5, 0.6) is 28.7 Å². The maximum atomic E-state index is 9.46. The van der Waals surface area contributed by atoms with Gasteiger partial charge in [-0.2, -0.15) is 0 Å². The molecule has 0 aromatic heterocycles. The van der Waals surface area contributed by atoms with E-state index in [0.717, 1.165) is 0 Å². The van der Waals surface area contributed by atoms with Crippen LogP contribution in [0.25, 0.3) is 0 Å². The summed E-state index contributed by atoms with van der Waals surface area (Å²) in [6, 6.07) is -0.498. The number of hydrogen-bond acceptors (Lipinski definition) is 6. The van der Waals surface area contributed by atoms with Crippen LogP contribution in [0.15, 0.2) is 0 Å². The molecular weight excluding hydrogens is 202 g/mol. The fourth-order valence-electron chi connectivity index (χ4n) is 1.26. The molecule has 0 aliphatic carbocycles. The van der Waals surface area contributed by atoms with Crippen molar-refractivity contribution in [3.8, 4) is 28.7 Å². The van der Waals surface area contributed by atoms with Gasteiger partial charge < -0.3 is 30.8 Å². The van der Waals surface area contributed by atoms with E-state index in [0.29, 0.717) is 0 Å². The smallest absolute Gasteiger partial charge is 0.208 e. The maximum Gasteiger partial charge on any atom is 0.208 e. The predicted octanol–water partition coefficient (Wildman–Crippen LogP) is 0.495. The molecule has 0 radical (unpaired) electrons. The molecule has 0 aliphatic rings. The van der Waals surface area contributed by atoms with Crippen molar-refractivity contribution in [3.05, 3.63) is 5.56 Å². The second kappa shape index (κ2) is 3.74. The van der Waals surface area contributed by atoms with Crippen LogP contribution in [0.2, 0.25) is 0 Å². The van der Waals surface area contributed by atoms with Crippen molar-refractivity contribution < 1.29 is 25.5 Å². The number of rotatable bonds is 2. The Morgan fingerprint density at radius 1 is 0.800 bits per heavy atom. The largest absolute Gasteiger partial charge is 0.504 e. The molecule has 0 amide bonds. The monoisotopic (exact) mass is 215 g/mol. The highest BCUT2D eigenvalue weighted by Gasteiger charge is 2.25. The first-order valence-electron chi connectivity index (χ1n) is 4.27. The highest BCUT2D eigenvalue weighted by Crippen LogP contribution is 2.52. The molecule has 6 nitrogen and oxygen atoms in total. The summed E-state index contributed by atoms with van der Waals surface area (Å²) in [7, 11) is 1.57. The van der Waals surface area contributed by atoms with Gasteiger partial charge in [0.1, 0.15) is 0 Å². The molecule has 0 saturated carbocycles. The van der Waals surface area contributed by atoms with E-state index in [-0.39, 0.29) is 5.56 Å². The molecule has 0 spiro atoms. The van der Waals surface area contributed by atoms with E-state index in [4.69, 9.17) is 5.11 Å². The summed E-state index contributed by atoms with van der Waals surface area (Å²) in [5.74, 6) is -3.99. The van der Waals surface area contributed by atoms with Crippen LogP contribution in [-0.4, -0.2) is 32.6 Å². The average molecular weight is 215 g/mol. The Labute approximate surface area is 86.0 Å². The molecule has 84 valence electrons. The van der Waals surface area contributed by atoms with E-state index < -0.39 is 34.8 Å². The Balaban J connectivity index is 3.52. The topological polar surface area (TPSA) is 113 Å². The first-order valence-corrected chi connectivity index (χ1v) is 4.27. The molecule has 0 bridgehead atoms. The first-order chi connectivity index (χ1) is 6.91. The number of phenols is 5. The van der Waals surface area contributed by atoms with E-state index in [1.807, 2.05) is 0 Å². The van der Waals surface area contributed by atoms with Gasteiger partial charge in [-0.15, -0.1) is 0 Å². The molecule has 0 aliphatic heterocycles. The van der Waals surface area contributed by atoms with Gasteiger partial charge in [0.25, 0.3) is 0 Å². The van der Waals surface area contributed by atoms with Gasteiger partial charge in [0, 0.05) is 6.04 Å². The number of hydrogen-bond donors (Lipinski definition) is 6. The molecule has 0 saturated heterocycles. The van der Waals surface area contributed by atoms with Gasteiger partial charge in [0.15, 0.2) is 11.5 Å². The van der Waals surface area contributed by atoms with Crippen LogP contribution in [0, 0.1) is 0 Å². The van der Waals surface area contributed by atoms with E-state index in [2.05, 4.69) is 5.32 Å². The lowest BCUT2D eigenvalue weighted by Crippen LogP contribution is -2.12. The minimum absolute atomic E-state index is 0.0784. The Morgan fingerprint density at radius 2 is 1.13 bits per heavy atom. The molecule has 1 rings (SSSR count). The van der Waals surface area contributed by atoms with Gasteiger partial charge in [0.2, 0.25) is 17.2 Å². The van der Waals surface area contributed by atoms with Crippen LogP contribution < -0.4 is 5.32 Å². The highest BCUT2D eigenvalue weighted by molar-refractivity contribution is 5.68. The molecule has 1 aromatic carbocycles. The second-order valence-corrected chi connectivity index (χ2v) is 3.17. The molecule has 1 atom stereocenters. The third-order valence-corrected chi connectivity index (χ3v) is 2.27. The van der Waals surface area contributed by atoms with Crippen LogP contribution in [-0.2, 0) is 0 Å². The molecule has 0 fully saturated rings. The summed E-state index contributed by atoms with van der Waals surface area (Å²) >= 11 is 0. The third kappa shape index (κ3) is 1.59. The lowest BCUT2D eigenvalue weighted by molar-refractivity contribution is 0.320. The predicted molar refractivity (Wildman–Crippen MR) is 52.2 cm³/mol. The summed E-state index contributed by atoms with van der Waals surface area (Å²) in [4.78, 5) is 0. The Hall–Kier alpha value is -1.82. The number of aromatic hydroxyl groups is 5. The quantitative estimate of drug-likeness (QED) is 0.316. The number of benzene rings is 1. The minimum Gasteiger partial charge on any atom is -0.504 e. The van der Waals surface area contributed by atoms with E-state index >= 15 is 0 Å². The normalized spacial score (nSPS) is 12.7. The fraction of sp³-hybridized carbons (Fsp3) is 0.333. The third-order valence-electron chi connectivity index (χ3n) is 2.27. The van der Waals surface area contributed by atoms with Gasteiger partial charge in [0.05, 0.1) is 5.56 Å². The van der Waals surface area contributed by atoms with E-state index in [9.17, 15) is 20.4 Å². The number of nitrogens with one attached hydrogen (secondary N) is 1. The zero-order chi connectivity index (χ0) is 11.7. The lowest BCUT2D eigenvalue weighted by Gasteiger charge is -2.16. The summed E-state index contributed by atoms with van der Waals surface area (Å²) < 4.78 is 0. The minimum atomic E-state index is -0.947. The lowest BCUT2D eigenvalue weighted by atomic mass is 10.0. The van der Waals surface area contributed by atoms with Crippen LogP contribution >= 0.6 is 0 Å². The van der Waals surface area contributed by atoms with Gasteiger partial charge in [-0.05, 0) is 14.0 Å². The van der Waals surface area contributed by atoms with Gasteiger partial charge in [-0.3, -0.25) is 0 Å². The Bertz CT molecular complexity index is 362. The standard InChI is InChI=1S/C9H13NO5/c1-3(10-2)4-5(11)7(13)9(15)8(14)6(4)12/h3,10-15H,1-2H3. The van der Waals surface area contributed by atoms with Crippen molar-refractivity contribution in [3.63, 3.8) is 0 Å². The molecule has 6 N–H and O–H groups in total. The van der Waals surface area contributed by atoms with Gasteiger partial charge >= 0.3 is 0 Å². The van der Waals surface area contributed by atoms with Crippen LogP contribution in [0.3, 0.4) is 0 Å². The van der Waals surface area contributed by atoms with Crippen molar-refractivity contribution in [1.29, 1.82) is 0 Å². The molecule has 15 heavy (non-hydrogen) atoms. The van der Waals surface area contributed by atoms with Gasteiger partial charge in [-0.1, -0.05) is 0 Å². The average Bonchev–Trinajstić information content (AvgIpc) is 2.23. The van der Waals surface area contributed by atoms with Gasteiger partial charge in [-0.25, -0.2) is 0 Å². The SMILES string of the molecule is CNC(C)c1c(O)c(O)c(O)c(O)c1O. The zero-order valence-electron chi connectivity index (χ0n) is 8.31. The molecule has 1 unspecified atom stereocenters. The second-order valence-electron chi connectivity index (χ2n) is 3.17. The van der Waals surface area contributed by atoms with Crippen molar-refractivity contribution >= 4 is 0 Å². The highest BCUT2D eigenvalue weighted by atomic mass is 16.4. The first kappa shape index (κ1) is 11.3. The van der Waals surface area contributed by atoms with E-state index in [1.165, 1.54) is 0 Å². The van der Waals surface area contributed by atoms with Crippen LogP contribution in [0.1, 0.15) is 18.5 Å². The van der Waals surface area contributed by atoms with Crippen molar-refractivity contribution in [1.82, 2.24) is 5.32 Å². The Morgan fingerprint density at radius 3 is 1.47 bits per heavy atom. The van der Waals surface area contributed by atoms with Crippen molar-refractivity contribution in [2.75, 3.05) is 7.05 Å². The fourth-order valence-corrected chi connectivity index (χ4v) is 1.26.